The van der Waals surface area contributed by atoms with Crippen LogP contribution in [0.3, 0.4) is 0 Å². The summed E-state index contributed by atoms with van der Waals surface area (Å²) in [5, 5.41) is 0.855. The van der Waals surface area contributed by atoms with Gasteiger partial charge in [0, 0.05) is 5.41 Å². The fourth-order valence-electron chi connectivity index (χ4n) is 1.22. The van der Waals surface area contributed by atoms with Crippen molar-refractivity contribution < 1.29 is 14.6 Å². The molecule has 0 bridgehead atoms. The van der Waals surface area contributed by atoms with Crippen LogP contribution in [0.5, 0.6) is 0 Å². The first-order chi connectivity index (χ1) is 7.36. The Morgan fingerprint density at radius 2 is 2.06 bits per heavy atom. The number of carbonyl (C=O) groups excluding carboxylic acids is 1. The molecule has 0 spiro atoms. The summed E-state index contributed by atoms with van der Waals surface area (Å²) in [6.45, 7) is 10.0. The third-order valence-electron chi connectivity index (χ3n) is 1.88. The maximum absolute atomic E-state index is 11.7. The maximum Gasteiger partial charge on any atom is 0.384 e. The molecule has 16 heavy (non-hydrogen) atoms. The highest BCUT2D eigenvalue weighted by atomic mass is 32.1. The molecule has 0 aliphatic carbocycles. The first-order valence-electron chi connectivity index (χ1n) is 5.18. The van der Waals surface area contributed by atoms with Crippen molar-refractivity contribution in [3.63, 3.8) is 0 Å². The van der Waals surface area contributed by atoms with E-state index in [1.165, 1.54) is 11.3 Å². The molecule has 4 nitrogen and oxygen atoms in total. The van der Waals surface area contributed by atoms with Crippen molar-refractivity contribution in [3.05, 3.63) is 15.6 Å². The van der Waals surface area contributed by atoms with Gasteiger partial charge in [0.15, 0.2) is 0 Å². The Morgan fingerprint density at radius 3 is 2.56 bits per heavy atom. The predicted octanol–water partition coefficient (Wildman–Crippen LogP) is 2.86. The van der Waals surface area contributed by atoms with Crippen molar-refractivity contribution in [2.45, 2.75) is 40.0 Å². The van der Waals surface area contributed by atoms with Crippen LogP contribution in [-0.4, -0.2) is 17.6 Å². The number of thiazole rings is 1. The first kappa shape index (κ1) is 13.1. The third kappa shape index (κ3) is 3.02. The van der Waals surface area contributed by atoms with E-state index in [1.807, 2.05) is 27.7 Å². The van der Waals surface area contributed by atoms with Crippen molar-refractivity contribution in [1.82, 2.24) is 4.98 Å². The summed E-state index contributed by atoms with van der Waals surface area (Å²) in [6.07, 6.45) is 0. The molecule has 1 aromatic heterocycles. The molecule has 0 atom stereocenters. The van der Waals surface area contributed by atoms with Gasteiger partial charge in [-0.2, -0.15) is 4.89 Å². The lowest BCUT2D eigenvalue weighted by atomic mass is 9.91. The first-order valence-corrected chi connectivity index (χ1v) is 5.99. The van der Waals surface area contributed by atoms with E-state index >= 15 is 0 Å². The Balaban J connectivity index is 2.99. The minimum absolute atomic E-state index is 0.175. The van der Waals surface area contributed by atoms with Crippen LogP contribution in [0.25, 0.3) is 0 Å². The Labute approximate surface area is 99.5 Å². The minimum Gasteiger partial charge on any atom is -0.292 e. The predicted molar refractivity (Wildman–Crippen MR) is 62.6 cm³/mol. The molecule has 0 fully saturated rings. The van der Waals surface area contributed by atoms with E-state index in [0.29, 0.717) is 11.5 Å². The van der Waals surface area contributed by atoms with Gasteiger partial charge in [-0.3, -0.25) is 4.89 Å². The van der Waals surface area contributed by atoms with Gasteiger partial charge < -0.3 is 0 Å². The summed E-state index contributed by atoms with van der Waals surface area (Å²) in [7, 11) is 0. The van der Waals surface area contributed by atoms with Crippen LogP contribution >= 0.6 is 11.3 Å². The zero-order valence-electron chi connectivity index (χ0n) is 10.3. The van der Waals surface area contributed by atoms with E-state index in [4.69, 9.17) is 0 Å². The van der Waals surface area contributed by atoms with Gasteiger partial charge in [-0.1, -0.05) is 20.8 Å². The van der Waals surface area contributed by atoms with Gasteiger partial charge in [0.05, 0.1) is 17.3 Å². The van der Waals surface area contributed by atoms with Crippen LogP contribution < -0.4 is 0 Å². The fourth-order valence-corrected chi connectivity index (χ4v) is 2.22. The zero-order chi connectivity index (χ0) is 12.3. The number of nitrogens with zero attached hydrogens (tertiary/aromatic N) is 1. The van der Waals surface area contributed by atoms with Crippen molar-refractivity contribution in [3.8, 4) is 0 Å². The third-order valence-corrected chi connectivity index (χ3v) is 2.83. The van der Waals surface area contributed by atoms with Crippen LogP contribution in [0, 0.1) is 6.92 Å². The highest BCUT2D eigenvalue weighted by Gasteiger charge is 2.27. The van der Waals surface area contributed by atoms with Crippen molar-refractivity contribution in [2.75, 3.05) is 6.61 Å². The molecule has 0 N–H and O–H groups in total. The summed E-state index contributed by atoms with van der Waals surface area (Å²) in [4.78, 5) is 25.9. The summed E-state index contributed by atoms with van der Waals surface area (Å²) in [6, 6.07) is 0. The number of hydrogen-bond acceptors (Lipinski definition) is 5. The minimum atomic E-state index is -0.461. The lowest BCUT2D eigenvalue weighted by molar-refractivity contribution is -0.236. The summed E-state index contributed by atoms with van der Waals surface area (Å²) < 4.78 is 0. The Hall–Kier alpha value is -0.940. The molecule has 0 saturated heterocycles. The molecule has 0 aliphatic heterocycles. The van der Waals surface area contributed by atoms with Crippen molar-refractivity contribution >= 4 is 17.3 Å². The van der Waals surface area contributed by atoms with Gasteiger partial charge in [-0.15, -0.1) is 11.3 Å². The second-order valence-corrected chi connectivity index (χ2v) is 5.64. The van der Waals surface area contributed by atoms with E-state index in [1.54, 1.807) is 6.92 Å². The van der Waals surface area contributed by atoms with Crippen molar-refractivity contribution in [1.29, 1.82) is 0 Å². The van der Waals surface area contributed by atoms with E-state index in [9.17, 15) is 4.79 Å². The van der Waals surface area contributed by atoms with Gasteiger partial charge in [0.2, 0.25) is 0 Å². The number of hydrogen-bond donors (Lipinski definition) is 0. The Morgan fingerprint density at radius 1 is 1.44 bits per heavy atom. The fraction of sp³-hybridized carbons (Fsp3) is 0.636. The molecule has 5 heteroatoms. The van der Waals surface area contributed by atoms with Gasteiger partial charge in [0.1, 0.15) is 4.88 Å². The van der Waals surface area contributed by atoms with Crippen LogP contribution in [0.2, 0.25) is 0 Å². The van der Waals surface area contributed by atoms with Crippen LogP contribution in [-0.2, 0) is 15.2 Å². The topological polar surface area (TPSA) is 48.4 Å². The molecule has 90 valence electrons. The Kier molecular flexibility index (Phi) is 4.04. The number of aromatic nitrogens is 1. The van der Waals surface area contributed by atoms with E-state index in [2.05, 4.69) is 14.8 Å². The quantitative estimate of drug-likeness (QED) is 0.605. The monoisotopic (exact) mass is 243 g/mol. The van der Waals surface area contributed by atoms with Crippen molar-refractivity contribution in [2.24, 2.45) is 0 Å². The summed E-state index contributed by atoms with van der Waals surface area (Å²) in [5.41, 5.74) is 0.588. The van der Waals surface area contributed by atoms with E-state index in [-0.39, 0.29) is 5.41 Å². The van der Waals surface area contributed by atoms with E-state index < -0.39 is 5.97 Å². The highest BCUT2D eigenvalue weighted by Crippen LogP contribution is 2.29. The molecule has 1 heterocycles. The average molecular weight is 243 g/mol. The molecular weight excluding hydrogens is 226 g/mol. The van der Waals surface area contributed by atoms with Gasteiger partial charge in [-0.05, 0) is 13.8 Å². The van der Waals surface area contributed by atoms with Gasteiger partial charge in [0.25, 0.3) is 0 Å². The van der Waals surface area contributed by atoms with Crippen LogP contribution in [0.1, 0.15) is 48.1 Å². The number of carbonyl (C=O) groups is 1. The molecule has 0 aromatic carbocycles. The molecular formula is C11H17NO3S. The van der Waals surface area contributed by atoms with Gasteiger partial charge >= 0.3 is 5.97 Å². The molecule has 0 amide bonds. The molecule has 0 unspecified atom stereocenters. The molecule has 0 aliphatic rings. The molecule has 1 rings (SSSR count). The maximum atomic E-state index is 11.7. The Bertz CT molecular complexity index is 379. The molecule has 0 saturated carbocycles. The largest absolute Gasteiger partial charge is 0.384 e. The molecule has 1 aromatic rings. The highest BCUT2D eigenvalue weighted by molar-refractivity contribution is 7.13. The number of rotatable bonds is 3. The standard InChI is InChI=1S/C11H17NO3S/c1-6-14-15-10(13)8-9(11(3,4)5)12-7(2)16-8/h6H2,1-5H3. The number of aryl methyl sites for hydroxylation is 1. The zero-order valence-corrected chi connectivity index (χ0v) is 11.1. The van der Waals surface area contributed by atoms with Crippen LogP contribution in [0.4, 0.5) is 0 Å². The SMILES string of the molecule is CCOOC(=O)c1sc(C)nc1C(C)(C)C. The summed E-state index contributed by atoms with van der Waals surface area (Å²) in [5.74, 6) is -0.461. The lowest BCUT2D eigenvalue weighted by Crippen LogP contribution is -2.17. The second-order valence-electron chi connectivity index (χ2n) is 4.44. The molecule has 0 radical (unpaired) electrons. The smallest absolute Gasteiger partial charge is 0.292 e. The van der Waals surface area contributed by atoms with E-state index in [0.717, 1.165) is 10.7 Å². The average Bonchev–Trinajstić information content (AvgIpc) is 2.56. The van der Waals surface area contributed by atoms with Crippen LogP contribution in [0.15, 0.2) is 0 Å². The second kappa shape index (κ2) is 4.93. The van der Waals surface area contributed by atoms with Gasteiger partial charge in [-0.25, -0.2) is 9.78 Å². The lowest BCUT2D eigenvalue weighted by Gasteiger charge is -2.16. The summed E-state index contributed by atoms with van der Waals surface area (Å²) >= 11 is 1.33. The normalized spacial score (nSPS) is 11.6.